The fourth-order valence-corrected chi connectivity index (χ4v) is 2.85. The van der Waals surface area contributed by atoms with Crippen LogP contribution < -0.4 is 4.74 Å². The van der Waals surface area contributed by atoms with Crippen LogP contribution in [0.5, 0.6) is 5.75 Å². The summed E-state index contributed by atoms with van der Waals surface area (Å²) >= 11 is 5.83. The average molecular weight is 290 g/mol. The zero-order chi connectivity index (χ0) is 14.1. The molecule has 1 heterocycles. The molecule has 0 aromatic heterocycles. The van der Waals surface area contributed by atoms with E-state index in [-0.39, 0.29) is 12.0 Å². The van der Waals surface area contributed by atoms with Crippen LogP contribution in [-0.2, 0) is 0 Å². The molecule has 3 rings (SSSR count). The smallest absolute Gasteiger partial charge is 0.257 e. The zero-order valence-corrected chi connectivity index (χ0v) is 12.1. The number of halogens is 1. The van der Waals surface area contributed by atoms with E-state index in [0.29, 0.717) is 23.7 Å². The Morgan fingerprint density at radius 3 is 2.90 bits per heavy atom. The van der Waals surface area contributed by atoms with Crippen LogP contribution in [0.4, 0.5) is 0 Å². The Morgan fingerprint density at radius 1 is 1.30 bits per heavy atom. The molecule has 0 bridgehead atoms. The maximum Gasteiger partial charge on any atom is 0.257 e. The molecule has 0 aliphatic carbocycles. The number of amides is 1. The molecule has 0 saturated heterocycles. The summed E-state index contributed by atoms with van der Waals surface area (Å²) in [5.74, 6) is 1.21. The lowest BCUT2D eigenvalue weighted by molar-refractivity contribution is 0.0759. The van der Waals surface area contributed by atoms with E-state index in [1.54, 1.807) is 11.9 Å². The standard InChI is InChI=1S/C16H16ClNO2/c1-18-10-12(8-9-17)20-15-13-5-3-2-4-11(13)6-7-14(15)16(18)19/h2-7,12H,8-10H2,1H3. The van der Waals surface area contributed by atoms with Crippen molar-refractivity contribution in [3.8, 4) is 5.75 Å². The van der Waals surface area contributed by atoms with Gasteiger partial charge in [-0.25, -0.2) is 0 Å². The lowest BCUT2D eigenvalue weighted by Crippen LogP contribution is -2.34. The van der Waals surface area contributed by atoms with E-state index in [1.807, 2.05) is 36.4 Å². The fraction of sp³-hybridized carbons (Fsp3) is 0.312. The molecule has 104 valence electrons. The quantitative estimate of drug-likeness (QED) is 0.794. The van der Waals surface area contributed by atoms with Crippen LogP contribution >= 0.6 is 11.6 Å². The Balaban J connectivity index is 2.17. The summed E-state index contributed by atoms with van der Waals surface area (Å²) in [5.41, 5.74) is 0.628. The van der Waals surface area contributed by atoms with Gasteiger partial charge in [0.2, 0.25) is 0 Å². The molecule has 0 spiro atoms. The molecule has 20 heavy (non-hydrogen) atoms. The van der Waals surface area contributed by atoms with E-state index in [1.165, 1.54) is 0 Å². The monoisotopic (exact) mass is 289 g/mol. The lowest BCUT2D eigenvalue weighted by atomic mass is 10.0. The number of hydrogen-bond donors (Lipinski definition) is 0. The molecule has 1 aliphatic heterocycles. The Kier molecular flexibility index (Phi) is 3.53. The molecule has 0 saturated carbocycles. The summed E-state index contributed by atoms with van der Waals surface area (Å²) in [4.78, 5) is 14.1. The van der Waals surface area contributed by atoms with Gasteiger partial charge in [0.05, 0.1) is 12.1 Å². The molecule has 3 nitrogen and oxygen atoms in total. The van der Waals surface area contributed by atoms with Crippen LogP contribution in [0, 0.1) is 0 Å². The van der Waals surface area contributed by atoms with Crippen molar-refractivity contribution in [2.24, 2.45) is 0 Å². The van der Waals surface area contributed by atoms with E-state index >= 15 is 0 Å². The van der Waals surface area contributed by atoms with E-state index < -0.39 is 0 Å². The first-order chi connectivity index (χ1) is 9.70. The summed E-state index contributed by atoms with van der Waals surface area (Å²) in [6, 6.07) is 11.8. The van der Waals surface area contributed by atoms with Crippen molar-refractivity contribution in [2.75, 3.05) is 19.5 Å². The van der Waals surface area contributed by atoms with Crippen molar-refractivity contribution in [1.29, 1.82) is 0 Å². The highest BCUT2D eigenvalue weighted by Gasteiger charge is 2.27. The first-order valence-corrected chi connectivity index (χ1v) is 7.24. The molecular weight excluding hydrogens is 274 g/mol. The number of fused-ring (bicyclic) bond motifs is 3. The fourth-order valence-electron chi connectivity index (χ4n) is 2.61. The third kappa shape index (κ3) is 2.22. The first-order valence-electron chi connectivity index (χ1n) is 6.70. The Labute approximate surface area is 123 Å². The van der Waals surface area contributed by atoms with Crippen molar-refractivity contribution in [3.63, 3.8) is 0 Å². The van der Waals surface area contributed by atoms with Gasteiger partial charge in [-0.05, 0) is 17.9 Å². The highest BCUT2D eigenvalue weighted by Crippen LogP contribution is 2.33. The van der Waals surface area contributed by atoms with Crippen molar-refractivity contribution >= 4 is 28.3 Å². The van der Waals surface area contributed by atoms with Crippen molar-refractivity contribution in [1.82, 2.24) is 4.90 Å². The predicted molar refractivity (Wildman–Crippen MR) is 80.7 cm³/mol. The van der Waals surface area contributed by atoms with Crippen LogP contribution in [0.25, 0.3) is 10.8 Å². The van der Waals surface area contributed by atoms with Gasteiger partial charge in [0, 0.05) is 18.3 Å². The molecule has 1 atom stereocenters. The number of ether oxygens (including phenoxy) is 1. The summed E-state index contributed by atoms with van der Waals surface area (Å²) in [7, 11) is 1.80. The Bertz CT molecular complexity index is 656. The molecule has 2 aromatic carbocycles. The van der Waals surface area contributed by atoms with Crippen molar-refractivity contribution in [2.45, 2.75) is 12.5 Å². The molecule has 1 aliphatic rings. The lowest BCUT2D eigenvalue weighted by Gasteiger charge is -2.19. The van der Waals surface area contributed by atoms with Gasteiger partial charge in [-0.1, -0.05) is 30.3 Å². The van der Waals surface area contributed by atoms with E-state index in [2.05, 4.69) is 0 Å². The highest BCUT2D eigenvalue weighted by atomic mass is 35.5. The summed E-state index contributed by atoms with van der Waals surface area (Å²) in [6.07, 6.45) is 0.662. The summed E-state index contributed by atoms with van der Waals surface area (Å²) < 4.78 is 6.10. The predicted octanol–water partition coefficient (Wildman–Crippen LogP) is 3.30. The van der Waals surface area contributed by atoms with E-state index in [0.717, 1.165) is 17.2 Å². The second-order valence-corrected chi connectivity index (χ2v) is 5.44. The third-order valence-electron chi connectivity index (χ3n) is 3.65. The molecule has 1 amide bonds. The minimum absolute atomic E-state index is 0.00262. The topological polar surface area (TPSA) is 29.5 Å². The number of likely N-dealkylation sites (N-methyl/N-ethyl adjacent to an activating group) is 1. The number of alkyl halides is 1. The van der Waals surface area contributed by atoms with Gasteiger partial charge in [-0.15, -0.1) is 11.6 Å². The molecule has 0 fully saturated rings. The Hall–Kier alpha value is -1.74. The second-order valence-electron chi connectivity index (χ2n) is 5.07. The molecular formula is C16H16ClNO2. The minimum Gasteiger partial charge on any atom is -0.487 e. The van der Waals surface area contributed by atoms with E-state index in [9.17, 15) is 4.79 Å². The van der Waals surface area contributed by atoms with Gasteiger partial charge >= 0.3 is 0 Å². The van der Waals surface area contributed by atoms with E-state index in [4.69, 9.17) is 16.3 Å². The third-order valence-corrected chi connectivity index (χ3v) is 3.87. The van der Waals surface area contributed by atoms with Crippen LogP contribution in [0.15, 0.2) is 36.4 Å². The molecule has 1 unspecified atom stereocenters. The van der Waals surface area contributed by atoms with Crippen molar-refractivity contribution in [3.05, 3.63) is 42.0 Å². The number of carbonyl (C=O) groups excluding carboxylic acids is 1. The second kappa shape index (κ2) is 5.33. The SMILES string of the molecule is CN1CC(CCCl)Oc2c(ccc3ccccc23)C1=O. The van der Waals surface area contributed by atoms with Gasteiger partial charge in [0.25, 0.3) is 5.91 Å². The number of carbonyl (C=O) groups is 1. The largest absolute Gasteiger partial charge is 0.487 e. The summed E-state index contributed by atoms with van der Waals surface area (Å²) in [5, 5.41) is 2.06. The Morgan fingerprint density at radius 2 is 2.10 bits per heavy atom. The van der Waals surface area contributed by atoms with Gasteiger partial charge in [0.1, 0.15) is 11.9 Å². The molecule has 0 N–H and O–H groups in total. The maximum atomic E-state index is 12.4. The molecule has 2 aromatic rings. The van der Waals surface area contributed by atoms with Gasteiger partial charge < -0.3 is 9.64 Å². The van der Waals surface area contributed by atoms with Crippen LogP contribution in [-0.4, -0.2) is 36.4 Å². The van der Waals surface area contributed by atoms with Crippen LogP contribution in [0.2, 0.25) is 0 Å². The molecule has 0 radical (unpaired) electrons. The average Bonchev–Trinajstić information content (AvgIpc) is 2.58. The number of rotatable bonds is 2. The number of benzene rings is 2. The summed E-state index contributed by atoms with van der Waals surface area (Å²) in [6.45, 7) is 0.564. The normalized spacial score (nSPS) is 18.6. The maximum absolute atomic E-state index is 12.4. The van der Waals surface area contributed by atoms with Crippen LogP contribution in [0.1, 0.15) is 16.8 Å². The van der Waals surface area contributed by atoms with Gasteiger partial charge in [0.15, 0.2) is 0 Å². The highest BCUT2D eigenvalue weighted by molar-refractivity contribution is 6.17. The zero-order valence-electron chi connectivity index (χ0n) is 11.3. The minimum atomic E-state index is -0.0616. The van der Waals surface area contributed by atoms with Crippen LogP contribution in [0.3, 0.4) is 0 Å². The first kappa shape index (κ1) is 13.3. The number of nitrogens with zero attached hydrogens (tertiary/aromatic N) is 1. The van der Waals surface area contributed by atoms with Gasteiger partial charge in [-0.2, -0.15) is 0 Å². The van der Waals surface area contributed by atoms with Gasteiger partial charge in [-0.3, -0.25) is 4.79 Å². The number of hydrogen-bond acceptors (Lipinski definition) is 2. The molecule has 4 heteroatoms. The van der Waals surface area contributed by atoms with Crippen molar-refractivity contribution < 1.29 is 9.53 Å².